The molecule has 0 aliphatic carbocycles. The van der Waals surface area contributed by atoms with Gasteiger partial charge >= 0.3 is 5.97 Å². The molecule has 4 heteroatoms. The molecule has 2 N–H and O–H groups in total. The highest BCUT2D eigenvalue weighted by atomic mass is 16.5. The van der Waals surface area contributed by atoms with Crippen LogP contribution in [0.5, 0.6) is 0 Å². The molecule has 2 unspecified atom stereocenters. The quantitative estimate of drug-likeness (QED) is 0.729. The third kappa shape index (κ3) is 3.46. The lowest BCUT2D eigenvalue weighted by Crippen LogP contribution is -2.55. The topological polar surface area (TPSA) is 55.6 Å². The number of nitrogens with two attached hydrogens (primary N) is 1. The molecule has 1 aliphatic rings. The molecule has 0 aromatic heterocycles. The Balaban J connectivity index is 2.49. The fourth-order valence-electron chi connectivity index (χ4n) is 2.39. The van der Waals surface area contributed by atoms with Crippen molar-refractivity contribution in [2.24, 2.45) is 11.7 Å². The lowest BCUT2D eigenvalue weighted by molar-refractivity contribution is -0.147. The molecule has 1 fully saturated rings. The van der Waals surface area contributed by atoms with Crippen molar-refractivity contribution in [3.8, 4) is 0 Å². The van der Waals surface area contributed by atoms with Gasteiger partial charge in [0.1, 0.15) is 5.54 Å². The van der Waals surface area contributed by atoms with Crippen molar-refractivity contribution in [1.29, 1.82) is 0 Å². The molecule has 0 aromatic carbocycles. The second-order valence-corrected chi connectivity index (χ2v) is 5.06. The molecule has 0 spiro atoms. The number of carbonyl (C=O) groups is 1. The van der Waals surface area contributed by atoms with E-state index in [0.29, 0.717) is 6.54 Å². The Morgan fingerprint density at radius 1 is 1.62 bits per heavy atom. The minimum atomic E-state index is -0.885. The van der Waals surface area contributed by atoms with Crippen molar-refractivity contribution < 1.29 is 9.53 Å². The molecule has 1 saturated heterocycles. The van der Waals surface area contributed by atoms with E-state index in [1.165, 1.54) is 26.4 Å². The molecule has 2 atom stereocenters. The van der Waals surface area contributed by atoms with Gasteiger partial charge in [0.15, 0.2) is 0 Å². The highest BCUT2D eigenvalue weighted by Crippen LogP contribution is 2.20. The Labute approximate surface area is 98.1 Å². The van der Waals surface area contributed by atoms with Gasteiger partial charge in [-0.25, -0.2) is 0 Å². The Morgan fingerprint density at radius 2 is 2.31 bits per heavy atom. The van der Waals surface area contributed by atoms with Crippen molar-refractivity contribution in [2.45, 2.75) is 38.6 Å². The van der Waals surface area contributed by atoms with E-state index in [9.17, 15) is 4.79 Å². The van der Waals surface area contributed by atoms with E-state index >= 15 is 0 Å². The van der Waals surface area contributed by atoms with Crippen molar-refractivity contribution in [1.82, 2.24) is 4.90 Å². The summed E-state index contributed by atoms with van der Waals surface area (Å²) < 4.78 is 4.72. The summed E-state index contributed by atoms with van der Waals surface area (Å²) in [4.78, 5) is 13.8. The van der Waals surface area contributed by atoms with E-state index in [4.69, 9.17) is 10.5 Å². The fraction of sp³-hybridized carbons (Fsp3) is 0.917. The Bertz CT molecular complexity index is 241. The van der Waals surface area contributed by atoms with Gasteiger partial charge < -0.3 is 15.4 Å². The summed E-state index contributed by atoms with van der Waals surface area (Å²) in [5.41, 5.74) is 5.09. The molecule has 0 aromatic rings. The summed E-state index contributed by atoms with van der Waals surface area (Å²) in [6.07, 6.45) is 3.71. The average Bonchev–Trinajstić information content (AvgIpc) is 2.27. The van der Waals surface area contributed by atoms with Crippen molar-refractivity contribution in [2.75, 3.05) is 26.7 Å². The highest BCUT2D eigenvalue weighted by Gasteiger charge is 2.33. The number of piperidine rings is 1. The van der Waals surface area contributed by atoms with Crippen molar-refractivity contribution in [3.63, 3.8) is 0 Å². The van der Waals surface area contributed by atoms with Crippen molar-refractivity contribution >= 4 is 5.97 Å². The molecule has 0 amide bonds. The molecule has 4 nitrogen and oxygen atoms in total. The van der Waals surface area contributed by atoms with Crippen LogP contribution in [0.4, 0.5) is 0 Å². The lowest BCUT2D eigenvalue weighted by atomic mass is 9.93. The van der Waals surface area contributed by atoms with Crippen LogP contribution in [0.15, 0.2) is 0 Å². The number of hydrogen-bond acceptors (Lipinski definition) is 4. The number of esters is 1. The summed E-state index contributed by atoms with van der Waals surface area (Å²) in [5, 5.41) is 0. The number of nitrogens with zero attached hydrogens (tertiary/aromatic N) is 1. The number of hydrogen-bond donors (Lipinski definition) is 1. The molecular weight excluding hydrogens is 204 g/mol. The number of methoxy groups -OCH3 is 1. The first-order chi connectivity index (χ1) is 7.49. The summed E-state index contributed by atoms with van der Waals surface area (Å²) in [6.45, 7) is 6.65. The average molecular weight is 228 g/mol. The van der Waals surface area contributed by atoms with E-state index in [0.717, 1.165) is 19.0 Å². The van der Waals surface area contributed by atoms with Crippen LogP contribution in [0.25, 0.3) is 0 Å². The molecule has 0 saturated carbocycles. The van der Waals surface area contributed by atoms with E-state index in [1.54, 1.807) is 6.92 Å². The van der Waals surface area contributed by atoms with Crippen LogP contribution in [0.1, 0.15) is 33.1 Å². The maximum atomic E-state index is 11.5. The molecular formula is C12H24N2O2. The zero-order chi connectivity index (χ0) is 12.2. The van der Waals surface area contributed by atoms with Crippen LogP contribution in [-0.2, 0) is 9.53 Å². The van der Waals surface area contributed by atoms with Crippen LogP contribution in [0.2, 0.25) is 0 Å². The van der Waals surface area contributed by atoms with Gasteiger partial charge in [0.05, 0.1) is 7.11 Å². The maximum absolute atomic E-state index is 11.5. The molecule has 0 radical (unpaired) electrons. The van der Waals surface area contributed by atoms with Crippen LogP contribution in [-0.4, -0.2) is 43.2 Å². The molecule has 16 heavy (non-hydrogen) atoms. The first-order valence-corrected chi connectivity index (χ1v) is 6.09. The first kappa shape index (κ1) is 13.5. The van der Waals surface area contributed by atoms with Crippen LogP contribution in [0, 0.1) is 5.92 Å². The maximum Gasteiger partial charge on any atom is 0.326 e. The predicted molar refractivity (Wildman–Crippen MR) is 64.1 cm³/mol. The Kier molecular flexibility index (Phi) is 4.74. The highest BCUT2D eigenvalue weighted by molar-refractivity contribution is 5.80. The molecule has 1 rings (SSSR count). The number of likely N-dealkylation sites (tertiary alicyclic amines) is 1. The van der Waals surface area contributed by atoms with Gasteiger partial charge in [0.2, 0.25) is 0 Å². The smallest absolute Gasteiger partial charge is 0.326 e. The largest absolute Gasteiger partial charge is 0.468 e. The van der Waals surface area contributed by atoms with Crippen LogP contribution < -0.4 is 5.73 Å². The van der Waals surface area contributed by atoms with E-state index in [-0.39, 0.29) is 5.97 Å². The molecule has 1 heterocycles. The van der Waals surface area contributed by atoms with Gasteiger partial charge in [-0.1, -0.05) is 13.3 Å². The Hall–Kier alpha value is -0.610. The predicted octanol–water partition coefficient (Wildman–Crippen LogP) is 0.999. The number of ether oxygens (including phenoxy) is 1. The number of carbonyl (C=O) groups excluding carboxylic acids is 1. The SMILES string of the molecule is CCC1CCCN(CC(C)(N)C(=O)OC)C1. The second kappa shape index (κ2) is 5.64. The van der Waals surface area contributed by atoms with E-state index in [1.807, 2.05) is 0 Å². The van der Waals surface area contributed by atoms with Gasteiger partial charge in [-0.15, -0.1) is 0 Å². The second-order valence-electron chi connectivity index (χ2n) is 5.06. The zero-order valence-corrected chi connectivity index (χ0v) is 10.7. The van der Waals surface area contributed by atoms with Crippen LogP contribution >= 0.6 is 0 Å². The van der Waals surface area contributed by atoms with E-state index < -0.39 is 5.54 Å². The van der Waals surface area contributed by atoms with Gasteiger partial charge in [-0.3, -0.25) is 4.79 Å². The van der Waals surface area contributed by atoms with E-state index in [2.05, 4.69) is 11.8 Å². The molecule has 94 valence electrons. The normalized spacial score (nSPS) is 26.1. The Morgan fingerprint density at radius 3 is 2.88 bits per heavy atom. The van der Waals surface area contributed by atoms with Crippen LogP contribution in [0.3, 0.4) is 0 Å². The monoisotopic (exact) mass is 228 g/mol. The van der Waals surface area contributed by atoms with Gasteiger partial charge in [-0.05, 0) is 32.2 Å². The summed E-state index contributed by atoms with van der Waals surface area (Å²) >= 11 is 0. The summed E-state index contributed by atoms with van der Waals surface area (Å²) in [5.74, 6) is 0.424. The van der Waals surface area contributed by atoms with Gasteiger partial charge in [-0.2, -0.15) is 0 Å². The summed E-state index contributed by atoms with van der Waals surface area (Å²) in [6, 6.07) is 0. The number of rotatable bonds is 4. The lowest BCUT2D eigenvalue weighted by Gasteiger charge is -2.36. The molecule has 0 bridgehead atoms. The minimum Gasteiger partial charge on any atom is -0.468 e. The van der Waals surface area contributed by atoms with Crippen molar-refractivity contribution in [3.05, 3.63) is 0 Å². The molecule has 1 aliphatic heterocycles. The van der Waals surface area contributed by atoms with Gasteiger partial charge in [0.25, 0.3) is 0 Å². The van der Waals surface area contributed by atoms with Gasteiger partial charge in [0, 0.05) is 13.1 Å². The summed E-state index contributed by atoms with van der Waals surface area (Å²) in [7, 11) is 1.39. The fourth-order valence-corrected chi connectivity index (χ4v) is 2.39. The minimum absolute atomic E-state index is 0.328. The first-order valence-electron chi connectivity index (χ1n) is 6.09. The zero-order valence-electron chi connectivity index (χ0n) is 10.7. The standard InChI is InChI=1S/C12H24N2O2/c1-4-10-6-5-7-14(8-10)9-12(2,13)11(15)16-3/h10H,4-9,13H2,1-3H3. The third-order valence-corrected chi connectivity index (χ3v) is 3.38. The third-order valence-electron chi connectivity index (χ3n) is 3.38.